The number of ether oxygens (including phenoxy) is 1. The van der Waals surface area contributed by atoms with E-state index in [0.29, 0.717) is 0 Å². The van der Waals surface area contributed by atoms with Crippen LogP contribution in [0.4, 0.5) is 0 Å². The molecule has 0 spiro atoms. The van der Waals surface area contributed by atoms with Gasteiger partial charge in [0.15, 0.2) is 0 Å². The first kappa shape index (κ1) is 16.5. The Bertz CT molecular complexity index is 586. The Hall–Kier alpha value is -0.870. The lowest BCUT2D eigenvalue weighted by atomic mass is 9.97. The molecule has 0 aliphatic carbocycles. The maximum Gasteiger partial charge on any atom is 0.0599 e. The second-order valence-corrected chi connectivity index (χ2v) is 6.08. The average Bonchev–Trinajstić information content (AvgIpc) is 2.51. The quantitative estimate of drug-likeness (QED) is 0.804. The van der Waals surface area contributed by atoms with Gasteiger partial charge in [0.05, 0.1) is 17.7 Å². The smallest absolute Gasteiger partial charge is 0.0599 e. The first-order chi connectivity index (χ1) is 10.2. The summed E-state index contributed by atoms with van der Waals surface area (Å²) in [5.41, 5.74) is 3.53. The van der Waals surface area contributed by atoms with Crippen LogP contribution in [0.25, 0.3) is 0 Å². The highest BCUT2D eigenvalue weighted by molar-refractivity contribution is 9.10. The molecule has 0 aliphatic rings. The van der Waals surface area contributed by atoms with Crippen LogP contribution in [-0.2, 0) is 11.2 Å². The maximum atomic E-state index is 6.41. The van der Waals surface area contributed by atoms with Gasteiger partial charge >= 0.3 is 0 Å². The number of nitrogens with one attached hydrogen (secondary N) is 1. The Morgan fingerprint density at radius 2 is 1.90 bits per heavy atom. The molecule has 2 aromatic rings. The van der Waals surface area contributed by atoms with E-state index in [1.807, 2.05) is 25.2 Å². The number of methoxy groups -OCH3 is 1. The summed E-state index contributed by atoms with van der Waals surface area (Å²) < 4.78 is 6.02. The van der Waals surface area contributed by atoms with E-state index in [2.05, 4.69) is 45.5 Å². The molecule has 112 valence electrons. The summed E-state index contributed by atoms with van der Waals surface area (Å²) in [7, 11) is 3.67. The number of benzene rings is 2. The summed E-state index contributed by atoms with van der Waals surface area (Å²) in [6, 6.07) is 14.6. The van der Waals surface area contributed by atoms with Crippen molar-refractivity contribution in [1.29, 1.82) is 0 Å². The SMILES string of the molecule is CNC(c1ccc(CCOC)cc1)c1cccc(Br)c1Cl. The molecule has 0 amide bonds. The van der Waals surface area contributed by atoms with Gasteiger partial charge in [-0.25, -0.2) is 0 Å². The number of hydrogen-bond donors (Lipinski definition) is 1. The average molecular weight is 369 g/mol. The zero-order valence-electron chi connectivity index (χ0n) is 12.2. The lowest BCUT2D eigenvalue weighted by Gasteiger charge is -2.19. The lowest BCUT2D eigenvalue weighted by Crippen LogP contribution is -2.18. The molecule has 0 saturated heterocycles. The zero-order valence-corrected chi connectivity index (χ0v) is 14.5. The monoisotopic (exact) mass is 367 g/mol. The fraction of sp³-hybridized carbons (Fsp3) is 0.294. The number of rotatable bonds is 6. The van der Waals surface area contributed by atoms with Crippen molar-refractivity contribution < 1.29 is 4.74 Å². The van der Waals surface area contributed by atoms with E-state index in [4.69, 9.17) is 16.3 Å². The molecule has 0 heterocycles. The van der Waals surface area contributed by atoms with Gasteiger partial charge in [0.1, 0.15) is 0 Å². The van der Waals surface area contributed by atoms with Crippen molar-refractivity contribution in [3.63, 3.8) is 0 Å². The molecule has 0 bridgehead atoms. The van der Waals surface area contributed by atoms with Gasteiger partial charge in [-0.3, -0.25) is 0 Å². The molecule has 1 atom stereocenters. The van der Waals surface area contributed by atoms with Crippen LogP contribution >= 0.6 is 27.5 Å². The molecule has 2 rings (SSSR count). The fourth-order valence-electron chi connectivity index (χ4n) is 2.34. The van der Waals surface area contributed by atoms with Gasteiger partial charge in [0.25, 0.3) is 0 Å². The van der Waals surface area contributed by atoms with Crippen molar-refractivity contribution in [3.8, 4) is 0 Å². The van der Waals surface area contributed by atoms with E-state index in [0.717, 1.165) is 28.1 Å². The molecule has 1 N–H and O–H groups in total. The van der Waals surface area contributed by atoms with E-state index in [1.165, 1.54) is 11.1 Å². The standard InChI is InChI=1S/C17H19BrClNO/c1-20-17(14-4-3-5-15(18)16(14)19)13-8-6-12(7-9-13)10-11-21-2/h3-9,17,20H,10-11H2,1-2H3. The summed E-state index contributed by atoms with van der Waals surface area (Å²) in [4.78, 5) is 0. The summed E-state index contributed by atoms with van der Waals surface area (Å²) >= 11 is 9.90. The van der Waals surface area contributed by atoms with Gasteiger partial charge in [-0.05, 0) is 52.2 Å². The van der Waals surface area contributed by atoms with E-state index >= 15 is 0 Å². The highest BCUT2D eigenvalue weighted by atomic mass is 79.9. The fourth-order valence-corrected chi connectivity index (χ4v) is 2.96. The number of halogens is 2. The normalized spacial score (nSPS) is 12.4. The molecule has 2 aromatic carbocycles. The molecular weight excluding hydrogens is 350 g/mol. The minimum Gasteiger partial charge on any atom is -0.384 e. The summed E-state index contributed by atoms with van der Waals surface area (Å²) in [6.07, 6.45) is 0.929. The summed E-state index contributed by atoms with van der Waals surface area (Å²) in [5.74, 6) is 0. The molecule has 0 radical (unpaired) electrons. The van der Waals surface area contributed by atoms with Gasteiger partial charge < -0.3 is 10.1 Å². The molecule has 2 nitrogen and oxygen atoms in total. The minimum absolute atomic E-state index is 0.0754. The third kappa shape index (κ3) is 4.07. The zero-order chi connectivity index (χ0) is 15.2. The van der Waals surface area contributed by atoms with Crippen LogP contribution in [0, 0.1) is 0 Å². The lowest BCUT2D eigenvalue weighted by molar-refractivity contribution is 0.202. The predicted molar refractivity (Wildman–Crippen MR) is 92.1 cm³/mol. The van der Waals surface area contributed by atoms with Crippen LogP contribution in [0.3, 0.4) is 0 Å². The van der Waals surface area contributed by atoms with Crippen LogP contribution in [0.15, 0.2) is 46.9 Å². The molecule has 0 aromatic heterocycles. The van der Waals surface area contributed by atoms with Crippen LogP contribution in [0.5, 0.6) is 0 Å². The van der Waals surface area contributed by atoms with Gasteiger partial charge in [0, 0.05) is 11.6 Å². The molecule has 0 aliphatic heterocycles. The summed E-state index contributed by atoms with van der Waals surface area (Å²) in [6.45, 7) is 0.742. The van der Waals surface area contributed by atoms with Gasteiger partial charge in [-0.15, -0.1) is 0 Å². The van der Waals surface area contributed by atoms with Crippen molar-refractivity contribution in [2.45, 2.75) is 12.5 Å². The van der Waals surface area contributed by atoms with Crippen molar-refractivity contribution in [3.05, 3.63) is 68.7 Å². The molecule has 4 heteroatoms. The first-order valence-corrected chi connectivity index (χ1v) is 8.03. The van der Waals surface area contributed by atoms with Crippen molar-refractivity contribution in [2.75, 3.05) is 20.8 Å². The van der Waals surface area contributed by atoms with Gasteiger partial charge in [-0.1, -0.05) is 48.0 Å². The van der Waals surface area contributed by atoms with E-state index in [-0.39, 0.29) is 6.04 Å². The van der Waals surface area contributed by atoms with E-state index in [9.17, 15) is 0 Å². The summed E-state index contributed by atoms with van der Waals surface area (Å²) in [5, 5.41) is 4.09. The largest absolute Gasteiger partial charge is 0.384 e. The van der Waals surface area contributed by atoms with Crippen molar-refractivity contribution in [1.82, 2.24) is 5.32 Å². The Kier molecular flexibility index (Phi) is 6.24. The highest BCUT2D eigenvalue weighted by Gasteiger charge is 2.16. The second kappa shape index (κ2) is 7.95. The Labute approximate surface area is 139 Å². The molecule has 21 heavy (non-hydrogen) atoms. The van der Waals surface area contributed by atoms with Crippen molar-refractivity contribution in [2.24, 2.45) is 0 Å². The topological polar surface area (TPSA) is 21.3 Å². The molecule has 0 fully saturated rings. The Balaban J connectivity index is 2.27. The maximum absolute atomic E-state index is 6.41. The molecule has 1 unspecified atom stereocenters. The Morgan fingerprint density at radius 1 is 1.19 bits per heavy atom. The highest BCUT2D eigenvalue weighted by Crippen LogP contribution is 2.33. The second-order valence-electron chi connectivity index (χ2n) is 4.85. The van der Waals surface area contributed by atoms with Crippen LogP contribution in [0.2, 0.25) is 5.02 Å². The Morgan fingerprint density at radius 3 is 2.52 bits per heavy atom. The molecular formula is C17H19BrClNO. The predicted octanol–water partition coefficient (Wildman–Crippen LogP) is 4.60. The van der Waals surface area contributed by atoms with Crippen LogP contribution in [0.1, 0.15) is 22.7 Å². The minimum atomic E-state index is 0.0754. The molecule has 0 saturated carbocycles. The number of hydrogen-bond acceptors (Lipinski definition) is 2. The van der Waals surface area contributed by atoms with Crippen LogP contribution < -0.4 is 5.32 Å². The van der Waals surface area contributed by atoms with Gasteiger partial charge in [0.2, 0.25) is 0 Å². The van der Waals surface area contributed by atoms with Gasteiger partial charge in [-0.2, -0.15) is 0 Å². The third-order valence-electron chi connectivity index (χ3n) is 3.49. The third-order valence-corrected chi connectivity index (χ3v) is 4.80. The van der Waals surface area contributed by atoms with Crippen molar-refractivity contribution >= 4 is 27.5 Å². The van der Waals surface area contributed by atoms with E-state index < -0.39 is 0 Å². The first-order valence-electron chi connectivity index (χ1n) is 6.86. The van der Waals surface area contributed by atoms with E-state index in [1.54, 1.807) is 7.11 Å². The van der Waals surface area contributed by atoms with Crippen LogP contribution in [-0.4, -0.2) is 20.8 Å².